The molecule has 0 saturated carbocycles. The van der Waals surface area contributed by atoms with E-state index in [1.54, 1.807) is 19.1 Å². The van der Waals surface area contributed by atoms with Crippen molar-refractivity contribution < 1.29 is 18.3 Å². The van der Waals surface area contributed by atoms with Gasteiger partial charge in [0.05, 0.1) is 0 Å². The first-order valence-corrected chi connectivity index (χ1v) is 5.12. The molecule has 1 aromatic rings. The second-order valence-electron chi connectivity index (χ2n) is 3.48. The Morgan fingerprint density at radius 2 is 2.12 bits per heavy atom. The Labute approximate surface area is 93.2 Å². The number of benzene rings is 1. The molecule has 1 atom stereocenters. The Kier molecular flexibility index (Phi) is 4.40. The lowest BCUT2D eigenvalue weighted by atomic mass is 9.94. The van der Waals surface area contributed by atoms with Gasteiger partial charge in [0.15, 0.2) is 0 Å². The fourth-order valence-corrected chi connectivity index (χ4v) is 1.67. The standard InChI is InChI=1S/C12H14F2O2/c1-3-9-10(8(2)7-15)5-4-6-11(9)16-12(13)14/h4-8,12H,3H2,1-2H3. The minimum absolute atomic E-state index is 0.156. The van der Waals surface area contributed by atoms with Gasteiger partial charge in [-0.05, 0) is 23.6 Å². The first kappa shape index (κ1) is 12.6. The van der Waals surface area contributed by atoms with Gasteiger partial charge in [0, 0.05) is 5.92 Å². The van der Waals surface area contributed by atoms with Crippen molar-refractivity contribution in [3.05, 3.63) is 29.3 Å². The van der Waals surface area contributed by atoms with Crippen molar-refractivity contribution in [2.24, 2.45) is 0 Å². The lowest BCUT2D eigenvalue weighted by Crippen LogP contribution is -2.07. The molecule has 1 aromatic carbocycles. The molecular weight excluding hydrogens is 214 g/mol. The molecule has 0 heterocycles. The second kappa shape index (κ2) is 5.58. The third-order valence-electron chi connectivity index (χ3n) is 2.43. The highest BCUT2D eigenvalue weighted by molar-refractivity contribution is 5.63. The van der Waals surface area contributed by atoms with Crippen LogP contribution in [0.15, 0.2) is 18.2 Å². The number of aldehydes is 1. The molecule has 0 fully saturated rings. The second-order valence-corrected chi connectivity index (χ2v) is 3.48. The predicted octanol–water partition coefficient (Wildman–Crippen LogP) is 3.15. The van der Waals surface area contributed by atoms with E-state index < -0.39 is 6.61 Å². The van der Waals surface area contributed by atoms with Crippen LogP contribution in [0.3, 0.4) is 0 Å². The van der Waals surface area contributed by atoms with E-state index in [1.807, 2.05) is 6.92 Å². The van der Waals surface area contributed by atoms with E-state index >= 15 is 0 Å². The summed E-state index contributed by atoms with van der Waals surface area (Å²) in [5, 5.41) is 0. The van der Waals surface area contributed by atoms with Gasteiger partial charge in [-0.3, -0.25) is 0 Å². The largest absolute Gasteiger partial charge is 0.435 e. The summed E-state index contributed by atoms with van der Waals surface area (Å²) in [6.07, 6.45) is 1.34. The Hall–Kier alpha value is -1.45. The molecule has 0 amide bonds. The van der Waals surface area contributed by atoms with Crippen LogP contribution in [0.2, 0.25) is 0 Å². The van der Waals surface area contributed by atoms with Crippen LogP contribution >= 0.6 is 0 Å². The van der Waals surface area contributed by atoms with Gasteiger partial charge in [0.1, 0.15) is 12.0 Å². The van der Waals surface area contributed by atoms with Crippen LogP contribution in [0.1, 0.15) is 30.9 Å². The third-order valence-corrected chi connectivity index (χ3v) is 2.43. The molecular formula is C12H14F2O2. The van der Waals surface area contributed by atoms with Crippen molar-refractivity contribution in [3.63, 3.8) is 0 Å². The maximum Gasteiger partial charge on any atom is 0.387 e. The summed E-state index contributed by atoms with van der Waals surface area (Å²) in [4.78, 5) is 10.7. The van der Waals surface area contributed by atoms with Crippen molar-refractivity contribution in [1.82, 2.24) is 0 Å². The van der Waals surface area contributed by atoms with Crippen LogP contribution in [0.5, 0.6) is 5.75 Å². The number of alkyl halides is 2. The molecule has 0 aliphatic rings. The van der Waals surface area contributed by atoms with E-state index in [1.165, 1.54) is 6.07 Å². The van der Waals surface area contributed by atoms with Crippen LogP contribution in [0.4, 0.5) is 8.78 Å². The number of halogens is 2. The average Bonchev–Trinajstić information content (AvgIpc) is 2.27. The molecule has 1 rings (SSSR count). The molecule has 0 saturated heterocycles. The van der Waals surface area contributed by atoms with E-state index in [-0.39, 0.29) is 11.7 Å². The van der Waals surface area contributed by atoms with Crippen LogP contribution < -0.4 is 4.74 Å². The summed E-state index contributed by atoms with van der Waals surface area (Å²) in [5.41, 5.74) is 1.41. The summed E-state index contributed by atoms with van der Waals surface area (Å²) in [6, 6.07) is 4.87. The van der Waals surface area contributed by atoms with Gasteiger partial charge < -0.3 is 9.53 Å². The molecule has 0 N–H and O–H groups in total. The Morgan fingerprint density at radius 1 is 1.44 bits per heavy atom. The Bertz CT molecular complexity index is 364. The zero-order valence-electron chi connectivity index (χ0n) is 9.24. The summed E-state index contributed by atoms with van der Waals surface area (Å²) >= 11 is 0. The number of carbonyl (C=O) groups excluding carboxylic acids is 1. The maximum atomic E-state index is 12.2. The first-order valence-electron chi connectivity index (χ1n) is 5.12. The van der Waals surface area contributed by atoms with E-state index in [4.69, 9.17) is 0 Å². The van der Waals surface area contributed by atoms with Gasteiger partial charge in [-0.15, -0.1) is 0 Å². The number of hydrogen-bond acceptors (Lipinski definition) is 2. The molecule has 16 heavy (non-hydrogen) atoms. The molecule has 0 aliphatic carbocycles. The number of rotatable bonds is 5. The zero-order chi connectivity index (χ0) is 12.1. The summed E-state index contributed by atoms with van der Waals surface area (Å²) in [6.45, 7) is 0.731. The van der Waals surface area contributed by atoms with Gasteiger partial charge in [0.25, 0.3) is 0 Å². The minimum Gasteiger partial charge on any atom is -0.435 e. The monoisotopic (exact) mass is 228 g/mol. The normalized spacial score (nSPS) is 12.6. The molecule has 0 radical (unpaired) electrons. The lowest BCUT2D eigenvalue weighted by Gasteiger charge is -2.15. The fourth-order valence-electron chi connectivity index (χ4n) is 1.67. The summed E-state index contributed by atoms with van der Waals surface area (Å²) in [7, 11) is 0. The van der Waals surface area contributed by atoms with Crippen molar-refractivity contribution in [2.45, 2.75) is 32.8 Å². The van der Waals surface area contributed by atoms with Gasteiger partial charge in [-0.1, -0.05) is 26.0 Å². The molecule has 2 nitrogen and oxygen atoms in total. The predicted molar refractivity (Wildman–Crippen MR) is 56.9 cm³/mol. The quantitative estimate of drug-likeness (QED) is 0.723. The van der Waals surface area contributed by atoms with Gasteiger partial charge in [0.2, 0.25) is 0 Å². The van der Waals surface area contributed by atoms with Crippen molar-refractivity contribution in [2.75, 3.05) is 0 Å². The maximum absolute atomic E-state index is 12.2. The molecule has 4 heteroatoms. The van der Waals surface area contributed by atoms with Crippen molar-refractivity contribution >= 4 is 6.29 Å². The van der Waals surface area contributed by atoms with Gasteiger partial charge >= 0.3 is 6.61 Å². The van der Waals surface area contributed by atoms with Crippen molar-refractivity contribution in [1.29, 1.82) is 0 Å². The molecule has 1 unspecified atom stereocenters. The molecule has 0 bridgehead atoms. The van der Waals surface area contributed by atoms with E-state index in [2.05, 4.69) is 4.74 Å². The topological polar surface area (TPSA) is 26.3 Å². The van der Waals surface area contributed by atoms with Gasteiger partial charge in [-0.2, -0.15) is 8.78 Å². The minimum atomic E-state index is -2.84. The highest BCUT2D eigenvalue weighted by Crippen LogP contribution is 2.28. The molecule has 0 aliphatic heterocycles. The Balaban J connectivity index is 3.14. The van der Waals surface area contributed by atoms with E-state index in [0.717, 1.165) is 11.8 Å². The lowest BCUT2D eigenvalue weighted by molar-refractivity contribution is -0.108. The molecule has 0 aromatic heterocycles. The number of ether oxygens (including phenoxy) is 1. The Morgan fingerprint density at radius 3 is 2.62 bits per heavy atom. The highest BCUT2D eigenvalue weighted by Gasteiger charge is 2.15. The number of carbonyl (C=O) groups is 1. The van der Waals surface area contributed by atoms with Gasteiger partial charge in [-0.25, -0.2) is 0 Å². The molecule has 0 spiro atoms. The fraction of sp³-hybridized carbons (Fsp3) is 0.417. The summed E-state index contributed by atoms with van der Waals surface area (Å²) in [5.74, 6) is -0.153. The van der Waals surface area contributed by atoms with Crippen LogP contribution in [-0.4, -0.2) is 12.9 Å². The number of hydrogen-bond donors (Lipinski definition) is 0. The van der Waals surface area contributed by atoms with E-state index in [0.29, 0.717) is 12.0 Å². The van der Waals surface area contributed by atoms with Crippen molar-refractivity contribution in [3.8, 4) is 5.75 Å². The molecule has 88 valence electrons. The van der Waals surface area contributed by atoms with E-state index in [9.17, 15) is 13.6 Å². The zero-order valence-corrected chi connectivity index (χ0v) is 9.24. The third kappa shape index (κ3) is 2.78. The smallest absolute Gasteiger partial charge is 0.387 e. The highest BCUT2D eigenvalue weighted by atomic mass is 19.3. The van der Waals surface area contributed by atoms with Crippen LogP contribution in [0.25, 0.3) is 0 Å². The summed E-state index contributed by atoms with van der Waals surface area (Å²) < 4.78 is 28.7. The van der Waals surface area contributed by atoms with Crippen LogP contribution in [0, 0.1) is 0 Å². The average molecular weight is 228 g/mol. The first-order chi connectivity index (χ1) is 7.60. The van der Waals surface area contributed by atoms with Crippen LogP contribution in [-0.2, 0) is 11.2 Å². The SMILES string of the molecule is CCc1c(OC(F)F)cccc1C(C)C=O.